The number of carbonyl (C=O) groups is 2. The molecule has 0 spiro atoms. The fourth-order valence-corrected chi connectivity index (χ4v) is 2.25. The largest absolute Gasteiger partial charge is 0.464 e. The Hall–Kier alpha value is -1.92. The molecular weight excluding hydrogens is 260 g/mol. The summed E-state index contributed by atoms with van der Waals surface area (Å²) >= 11 is 0. The number of esters is 1. The van der Waals surface area contributed by atoms with E-state index in [0.717, 1.165) is 12.8 Å². The quantitative estimate of drug-likeness (QED) is 0.780. The number of nitrogens with one attached hydrogen (secondary N) is 1. The standard InChI is InChI=1S/C13H20N4O3/c1-3-9(4-2)12(18)14-7-10-8-17(16-15-10)11-5-6-20-13(11)19/h8-9,11H,3-7H2,1-2H3,(H,14,18)/t11-/m0/s1. The minimum absolute atomic E-state index is 0.0322. The molecule has 0 saturated carbocycles. The zero-order chi connectivity index (χ0) is 14.5. The first kappa shape index (κ1) is 14.5. The highest BCUT2D eigenvalue weighted by Crippen LogP contribution is 2.19. The Balaban J connectivity index is 1.90. The van der Waals surface area contributed by atoms with Crippen LogP contribution in [0.5, 0.6) is 0 Å². The first-order valence-electron chi connectivity index (χ1n) is 7.00. The third-order valence-corrected chi connectivity index (χ3v) is 3.58. The van der Waals surface area contributed by atoms with Gasteiger partial charge in [0.05, 0.1) is 19.3 Å². The van der Waals surface area contributed by atoms with Crippen molar-refractivity contribution in [1.29, 1.82) is 0 Å². The number of rotatable bonds is 6. The van der Waals surface area contributed by atoms with Crippen LogP contribution in [0.15, 0.2) is 6.20 Å². The normalized spacial score (nSPS) is 18.4. The third kappa shape index (κ3) is 3.15. The first-order valence-corrected chi connectivity index (χ1v) is 7.00. The van der Waals surface area contributed by atoms with E-state index < -0.39 is 0 Å². The lowest BCUT2D eigenvalue weighted by atomic mass is 10.0. The highest BCUT2D eigenvalue weighted by atomic mass is 16.5. The minimum Gasteiger partial charge on any atom is -0.464 e. The van der Waals surface area contributed by atoms with Gasteiger partial charge in [0.15, 0.2) is 6.04 Å². The second-order valence-electron chi connectivity index (χ2n) is 4.89. The van der Waals surface area contributed by atoms with Crippen molar-refractivity contribution in [3.05, 3.63) is 11.9 Å². The van der Waals surface area contributed by atoms with E-state index >= 15 is 0 Å². The van der Waals surface area contributed by atoms with Gasteiger partial charge in [-0.05, 0) is 12.8 Å². The Morgan fingerprint density at radius 2 is 2.30 bits per heavy atom. The van der Waals surface area contributed by atoms with Crippen LogP contribution in [-0.2, 0) is 20.9 Å². The zero-order valence-corrected chi connectivity index (χ0v) is 11.8. The summed E-state index contributed by atoms with van der Waals surface area (Å²) in [5.41, 5.74) is 0.643. The first-order chi connectivity index (χ1) is 9.65. The summed E-state index contributed by atoms with van der Waals surface area (Å²) in [6, 6.07) is -0.383. The summed E-state index contributed by atoms with van der Waals surface area (Å²) in [5, 5.41) is 10.7. The lowest BCUT2D eigenvalue weighted by molar-refractivity contribution is -0.140. The fourth-order valence-electron chi connectivity index (χ4n) is 2.25. The number of hydrogen-bond acceptors (Lipinski definition) is 5. The van der Waals surface area contributed by atoms with Gasteiger partial charge in [0.1, 0.15) is 5.69 Å². The van der Waals surface area contributed by atoms with Gasteiger partial charge in [-0.15, -0.1) is 5.10 Å². The van der Waals surface area contributed by atoms with E-state index in [2.05, 4.69) is 15.6 Å². The van der Waals surface area contributed by atoms with E-state index in [1.165, 1.54) is 4.68 Å². The maximum absolute atomic E-state index is 11.9. The lowest BCUT2D eigenvalue weighted by Gasteiger charge is -2.11. The van der Waals surface area contributed by atoms with Gasteiger partial charge < -0.3 is 10.1 Å². The molecule has 0 bridgehead atoms. The summed E-state index contributed by atoms with van der Waals surface area (Å²) < 4.78 is 6.40. The molecule has 1 aromatic rings. The van der Waals surface area contributed by atoms with Crippen LogP contribution in [0.25, 0.3) is 0 Å². The molecule has 7 heteroatoms. The zero-order valence-electron chi connectivity index (χ0n) is 11.8. The molecular formula is C13H20N4O3. The van der Waals surface area contributed by atoms with Crippen molar-refractivity contribution < 1.29 is 14.3 Å². The highest BCUT2D eigenvalue weighted by molar-refractivity contribution is 5.78. The number of nitrogens with zero attached hydrogens (tertiary/aromatic N) is 3. The van der Waals surface area contributed by atoms with Gasteiger partial charge in [0.25, 0.3) is 0 Å². The summed E-state index contributed by atoms with van der Waals surface area (Å²) in [4.78, 5) is 23.3. The van der Waals surface area contributed by atoms with Gasteiger partial charge >= 0.3 is 5.97 Å². The molecule has 1 fully saturated rings. The van der Waals surface area contributed by atoms with Gasteiger partial charge in [-0.3, -0.25) is 4.79 Å². The van der Waals surface area contributed by atoms with Gasteiger partial charge in [0.2, 0.25) is 5.91 Å². The Kier molecular flexibility index (Phi) is 4.70. The Bertz CT molecular complexity index is 482. The van der Waals surface area contributed by atoms with Crippen LogP contribution in [0.4, 0.5) is 0 Å². The highest BCUT2D eigenvalue weighted by Gasteiger charge is 2.29. The molecule has 0 unspecified atom stereocenters. The molecule has 1 aliphatic rings. The van der Waals surface area contributed by atoms with Crippen LogP contribution in [0.3, 0.4) is 0 Å². The van der Waals surface area contributed by atoms with Gasteiger partial charge in [0, 0.05) is 12.3 Å². The average Bonchev–Trinajstić information content (AvgIpc) is 3.06. The van der Waals surface area contributed by atoms with Crippen molar-refractivity contribution in [2.45, 2.75) is 45.7 Å². The number of ether oxygens (including phenoxy) is 1. The third-order valence-electron chi connectivity index (χ3n) is 3.58. The molecule has 1 aromatic heterocycles. The topological polar surface area (TPSA) is 86.1 Å². The van der Waals surface area contributed by atoms with Crippen molar-refractivity contribution in [3.63, 3.8) is 0 Å². The van der Waals surface area contributed by atoms with E-state index in [-0.39, 0.29) is 23.8 Å². The molecule has 20 heavy (non-hydrogen) atoms. The smallest absolute Gasteiger partial charge is 0.331 e. The van der Waals surface area contributed by atoms with E-state index in [4.69, 9.17) is 4.74 Å². The Labute approximate surface area is 117 Å². The number of amides is 1. The fraction of sp³-hybridized carbons (Fsp3) is 0.692. The number of hydrogen-bond donors (Lipinski definition) is 1. The molecule has 0 aliphatic carbocycles. The predicted octanol–water partition coefficient (Wildman–Crippen LogP) is 0.818. The molecule has 1 aliphatic heterocycles. The van der Waals surface area contributed by atoms with Crippen molar-refractivity contribution in [3.8, 4) is 0 Å². The SMILES string of the molecule is CCC(CC)C(=O)NCc1cn([C@H]2CCOC2=O)nn1. The van der Waals surface area contributed by atoms with Gasteiger partial charge in [-0.25, -0.2) is 9.48 Å². The Morgan fingerprint density at radius 3 is 2.90 bits per heavy atom. The summed E-state index contributed by atoms with van der Waals surface area (Å²) in [6.07, 6.45) is 3.94. The van der Waals surface area contributed by atoms with Crippen molar-refractivity contribution in [2.24, 2.45) is 5.92 Å². The summed E-state index contributed by atoms with van der Waals surface area (Å²) in [7, 11) is 0. The molecule has 1 N–H and O–H groups in total. The second-order valence-corrected chi connectivity index (χ2v) is 4.89. The predicted molar refractivity (Wildman–Crippen MR) is 70.6 cm³/mol. The molecule has 1 saturated heterocycles. The van der Waals surface area contributed by atoms with E-state index in [0.29, 0.717) is 25.3 Å². The van der Waals surface area contributed by atoms with Crippen LogP contribution in [0, 0.1) is 5.92 Å². The number of cyclic esters (lactones) is 1. The molecule has 2 rings (SSSR count). The monoisotopic (exact) mass is 280 g/mol. The maximum atomic E-state index is 11.9. The van der Waals surface area contributed by atoms with Crippen molar-refractivity contribution in [1.82, 2.24) is 20.3 Å². The lowest BCUT2D eigenvalue weighted by Crippen LogP contribution is -2.29. The summed E-state index contributed by atoms with van der Waals surface area (Å²) in [6.45, 7) is 4.74. The van der Waals surface area contributed by atoms with Crippen LogP contribution in [-0.4, -0.2) is 33.5 Å². The van der Waals surface area contributed by atoms with Crippen LogP contribution in [0.2, 0.25) is 0 Å². The van der Waals surface area contributed by atoms with E-state index in [1.54, 1.807) is 6.20 Å². The molecule has 110 valence electrons. The number of carbonyl (C=O) groups excluding carboxylic acids is 2. The molecule has 1 amide bonds. The average molecular weight is 280 g/mol. The molecule has 2 heterocycles. The van der Waals surface area contributed by atoms with Crippen molar-refractivity contribution in [2.75, 3.05) is 6.61 Å². The second kappa shape index (κ2) is 6.49. The van der Waals surface area contributed by atoms with Gasteiger partial charge in [-0.2, -0.15) is 0 Å². The maximum Gasteiger partial charge on any atom is 0.331 e. The van der Waals surface area contributed by atoms with Crippen LogP contribution < -0.4 is 5.32 Å². The van der Waals surface area contributed by atoms with Crippen LogP contribution >= 0.6 is 0 Å². The van der Waals surface area contributed by atoms with Gasteiger partial charge in [-0.1, -0.05) is 19.1 Å². The number of aromatic nitrogens is 3. The Morgan fingerprint density at radius 1 is 1.55 bits per heavy atom. The molecule has 0 radical (unpaired) electrons. The molecule has 0 aromatic carbocycles. The molecule has 1 atom stereocenters. The van der Waals surface area contributed by atoms with E-state index in [9.17, 15) is 9.59 Å². The van der Waals surface area contributed by atoms with Crippen LogP contribution in [0.1, 0.15) is 44.8 Å². The summed E-state index contributed by atoms with van der Waals surface area (Å²) in [5.74, 6) is -0.206. The molecule has 7 nitrogen and oxygen atoms in total. The van der Waals surface area contributed by atoms with Crippen molar-refractivity contribution >= 4 is 11.9 Å². The minimum atomic E-state index is -0.383. The van der Waals surface area contributed by atoms with E-state index in [1.807, 2.05) is 13.8 Å².